The first kappa shape index (κ1) is 8.30. The molecule has 1 aliphatic heterocycles. The number of benzene rings is 1. The van der Waals surface area contributed by atoms with Gasteiger partial charge >= 0.3 is 0 Å². The summed E-state index contributed by atoms with van der Waals surface area (Å²) in [5.74, 6) is 1.45. The van der Waals surface area contributed by atoms with Crippen LogP contribution in [0.3, 0.4) is 0 Å². The molecule has 2 heteroatoms. The molecule has 0 amide bonds. The molecule has 1 aromatic carbocycles. The quantitative estimate of drug-likeness (QED) is 0.600. The van der Waals surface area contributed by atoms with Crippen molar-refractivity contribution >= 4 is 6.21 Å². The molecular weight excluding hydrogens is 162 g/mol. The fourth-order valence-electron chi connectivity index (χ4n) is 1.70. The molecule has 1 unspecified atom stereocenters. The highest BCUT2D eigenvalue weighted by molar-refractivity contribution is 5.69. The second kappa shape index (κ2) is 3.60. The summed E-state index contributed by atoms with van der Waals surface area (Å²) < 4.78 is 5.54. The lowest BCUT2D eigenvalue weighted by Gasteiger charge is -2.22. The largest absolute Gasteiger partial charge is 0.493 e. The molecule has 0 N–H and O–H groups in total. The molecule has 0 aromatic heterocycles. The first-order chi connectivity index (χ1) is 6.42. The zero-order valence-electron chi connectivity index (χ0n) is 7.73. The molecule has 0 radical (unpaired) electrons. The summed E-state index contributed by atoms with van der Waals surface area (Å²) >= 11 is 0. The van der Waals surface area contributed by atoms with Crippen molar-refractivity contribution in [2.45, 2.75) is 12.3 Å². The van der Waals surface area contributed by atoms with Crippen molar-refractivity contribution in [3.05, 3.63) is 29.8 Å². The Morgan fingerprint density at radius 3 is 3.15 bits per heavy atom. The van der Waals surface area contributed by atoms with E-state index >= 15 is 0 Å². The average molecular weight is 175 g/mol. The Morgan fingerprint density at radius 1 is 1.46 bits per heavy atom. The summed E-state index contributed by atoms with van der Waals surface area (Å²) in [5.41, 5.74) is 1.26. The van der Waals surface area contributed by atoms with Crippen LogP contribution in [0.25, 0.3) is 0 Å². The number of hydrogen-bond donors (Lipinski definition) is 0. The third-order valence-corrected chi connectivity index (χ3v) is 2.33. The van der Waals surface area contributed by atoms with E-state index < -0.39 is 0 Å². The Morgan fingerprint density at radius 2 is 2.31 bits per heavy atom. The first-order valence-electron chi connectivity index (χ1n) is 4.56. The van der Waals surface area contributed by atoms with Crippen LogP contribution in [0.1, 0.15) is 17.9 Å². The topological polar surface area (TPSA) is 21.6 Å². The second-order valence-electron chi connectivity index (χ2n) is 3.19. The maximum Gasteiger partial charge on any atom is 0.123 e. The fourth-order valence-corrected chi connectivity index (χ4v) is 1.70. The smallest absolute Gasteiger partial charge is 0.123 e. The summed E-state index contributed by atoms with van der Waals surface area (Å²) in [6.07, 6.45) is 3.04. The summed E-state index contributed by atoms with van der Waals surface area (Å²) in [5, 5.41) is 0. The van der Waals surface area contributed by atoms with Gasteiger partial charge in [0.2, 0.25) is 0 Å². The third kappa shape index (κ3) is 1.57. The van der Waals surface area contributed by atoms with E-state index in [-0.39, 0.29) is 0 Å². The van der Waals surface area contributed by atoms with Gasteiger partial charge in [-0.2, -0.15) is 0 Å². The van der Waals surface area contributed by atoms with E-state index in [4.69, 9.17) is 4.74 Å². The number of fused-ring (bicyclic) bond motifs is 1. The average Bonchev–Trinajstić information content (AvgIpc) is 2.19. The van der Waals surface area contributed by atoms with Gasteiger partial charge in [-0.05, 0) is 12.5 Å². The highest BCUT2D eigenvalue weighted by Gasteiger charge is 2.18. The zero-order chi connectivity index (χ0) is 9.10. The van der Waals surface area contributed by atoms with Crippen LogP contribution in [0.15, 0.2) is 29.3 Å². The van der Waals surface area contributed by atoms with E-state index in [1.807, 2.05) is 31.5 Å². The third-order valence-electron chi connectivity index (χ3n) is 2.33. The number of hydrogen-bond acceptors (Lipinski definition) is 2. The van der Waals surface area contributed by atoms with Crippen LogP contribution in [0.2, 0.25) is 0 Å². The summed E-state index contributed by atoms with van der Waals surface area (Å²) in [4.78, 5) is 4.08. The van der Waals surface area contributed by atoms with Gasteiger partial charge in [0.05, 0.1) is 6.61 Å². The van der Waals surface area contributed by atoms with Gasteiger partial charge < -0.3 is 9.73 Å². The molecule has 0 bridgehead atoms. The Kier molecular flexibility index (Phi) is 2.30. The monoisotopic (exact) mass is 175 g/mol. The van der Waals surface area contributed by atoms with Crippen LogP contribution >= 0.6 is 0 Å². The SMILES string of the molecule is C/N=C/C1CCOc2ccccc21. The molecule has 2 rings (SSSR count). The lowest BCUT2D eigenvalue weighted by atomic mass is 9.94. The lowest BCUT2D eigenvalue weighted by Crippen LogP contribution is -2.14. The minimum atomic E-state index is 0.440. The van der Waals surface area contributed by atoms with Crippen LogP contribution in [-0.4, -0.2) is 19.9 Å². The van der Waals surface area contributed by atoms with E-state index in [2.05, 4.69) is 11.1 Å². The zero-order valence-corrected chi connectivity index (χ0v) is 7.73. The normalized spacial score (nSPS) is 21.2. The van der Waals surface area contributed by atoms with Crippen molar-refractivity contribution in [1.29, 1.82) is 0 Å². The van der Waals surface area contributed by atoms with E-state index in [1.165, 1.54) is 5.56 Å². The minimum absolute atomic E-state index is 0.440. The molecule has 1 atom stereocenters. The van der Waals surface area contributed by atoms with E-state index in [0.717, 1.165) is 18.8 Å². The standard InChI is InChI=1S/C11H13NO/c1-12-8-9-6-7-13-11-5-3-2-4-10(9)11/h2-5,8-9H,6-7H2,1H3/b12-8+. The molecule has 0 saturated heterocycles. The predicted molar refractivity (Wildman–Crippen MR) is 53.7 cm³/mol. The summed E-state index contributed by atoms with van der Waals surface area (Å²) in [7, 11) is 1.82. The van der Waals surface area contributed by atoms with E-state index in [0.29, 0.717) is 5.92 Å². The summed E-state index contributed by atoms with van der Waals surface area (Å²) in [6, 6.07) is 8.18. The molecular formula is C11H13NO. The van der Waals surface area contributed by atoms with Gasteiger partial charge in [0.1, 0.15) is 5.75 Å². The van der Waals surface area contributed by atoms with Gasteiger partial charge in [0.25, 0.3) is 0 Å². The van der Waals surface area contributed by atoms with Gasteiger partial charge in [0, 0.05) is 24.7 Å². The maximum atomic E-state index is 5.54. The lowest BCUT2D eigenvalue weighted by molar-refractivity contribution is 0.283. The van der Waals surface area contributed by atoms with Gasteiger partial charge in [-0.15, -0.1) is 0 Å². The molecule has 1 aromatic rings. The van der Waals surface area contributed by atoms with Crippen LogP contribution in [-0.2, 0) is 0 Å². The minimum Gasteiger partial charge on any atom is -0.493 e. The highest BCUT2D eigenvalue weighted by atomic mass is 16.5. The number of para-hydroxylation sites is 1. The molecule has 1 heterocycles. The molecule has 2 nitrogen and oxygen atoms in total. The fraction of sp³-hybridized carbons (Fsp3) is 0.364. The summed E-state index contributed by atoms with van der Waals surface area (Å²) in [6.45, 7) is 0.799. The molecule has 13 heavy (non-hydrogen) atoms. The second-order valence-corrected chi connectivity index (χ2v) is 3.19. The molecule has 68 valence electrons. The van der Waals surface area contributed by atoms with Gasteiger partial charge in [-0.1, -0.05) is 18.2 Å². The van der Waals surface area contributed by atoms with Gasteiger partial charge in [-0.3, -0.25) is 0 Å². The Bertz CT molecular complexity index is 320. The van der Waals surface area contributed by atoms with Gasteiger partial charge in [0.15, 0.2) is 0 Å². The van der Waals surface area contributed by atoms with E-state index in [1.54, 1.807) is 0 Å². The molecule has 1 aliphatic rings. The molecule has 0 spiro atoms. The predicted octanol–water partition coefficient (Wildman–Crippen LogP) is 2.25. The number of ether oxygens (including phenoxy) is 1. The first-order valence-corrected chi connectivity index (χ1v) is 4.56. The van der Waals surface area contributed by atoms with Crippen molar-refractivity contribution in [2.24, 2.45) is 4.99 Å². The maximum absolute atomic E-state index is 5.54. The van der Waals surface area contributed by atoms with Gasteiger partial charge in [-0.25, -0.2) is 0 Å². The number of rotatable bonds is 1. The van der Waals surface area contributed by atoms with Crippen molar-refractivity contribution in [1.82, 2.24) is 0 Å². The van der Waals surface area contributed by atoms with Crippen molar-refractivity contribution < 1.29 is 4.74 Å². The van der Waals surface area contributed by atoms with Crippen LogP contribution in [0, 0.1) is 0 Å². The van der Waals surface area contributed by atoms with Crippen molar-refractivity contribution in [3.63, 3.8) is 0 Å². The molecule has 0 aliphatic carbocycles. The Balaban J connectivity index is 2.36. The molecule has 0 saturated carbocycles. The Hall–Kier alpha value is -1.31. The van der Waals surface area contributed by atoms with E-state index in [9.17, 15) is 0 Å². The number of aliphatic imine (C=N–C) groups is 1. The molecule has 0 fully saturated rings. The van der Waals surface area contributed by atoms with Crippen LogP contribution in [0.4, 0.5) is 0 Å². The highest BCUT2D eigenvalue weighted by Crippen LogP contribution is 2.31. The van der Waals surface area contributed by atoms with Crippen molar-refractivity contribution in [3.8, 4) is 5.75 Å². The van der Waals surface area contributed by atoms with Crippen LogP contribution in [0.5, 0.6) is 5.75 Å². The number of nitrogens with zero attached hydrogens (tertiary/aromatic N) is 1. The van der Waals surface area contributed by atoms with Crippen molar-refractivity contribution in [2.75, 3.05) is 13.7 Å². The van der Waals surface area contributed by atoms with Crippen LogP contribution < -0.4 is 4.74 Å². The Labute approximate surface area is 78.3 Å².